The van der Waals surface area contributed by atoms with Gasteiger partial charge in [-0.3, -0.25) is 25.0 Å². The Morgan fingerprint density at radius 1 is 1.15 bits per heavy atom. The zero-order chi connectivity index (χ0) is 19.4. The zero-order valence-corrected chi connectivity index (χ0v) is 14.9. The third-order valence-electron chi connectivity index (χ3n) is 3.47. The minimum absolute atomic E-state index is 0.00953. The largest absolute Gasteiger partial charge is 0.326 e. The number of aromatic nitrogens is 1. The second kappa shape index (κ2) is 7.75. The van der Waals surface area contributed by atoms with Crippen molar-refractivity contribution < 1.29 is 14.5 Å². The van der Waals surface area contributed by atoms with E-state index in [4.69, 9.17) is 0 Å². The Hall–Kier alpha value is -3.59. The van der Waals surface area contributed by atoms with Gasteiger partial charge in [-0.2, -0.15) is 0 Å². The summed E-state index contributed by atoms with van der Waals surface area (Å²) in [5, 5.41) is 16.4. The number of hydrogen-bond acceptors (Lipinski definition) is 6. The van der Waals surface area contributed by atoms with Crippen LogP contribution >= 0.6 is 11.3 Å². The lowest BCUT2D eigenvalue weighted by Gasteiger charge is -1.99. The molecular formula is C18H14N4O4S. The van der Waals surface area contributed by atoms with E-state index in [2.05, 4.69) is 15.6 Å². The molecule has 0 saturated heterocycles. The van der Waals surface area contributed by atoms with E-state index < -0.39 is 4.92 Å². The quantitative estimate of drug-likeness (QED) is 0.396. The molecule has 0 aliphatic heterocycles. The van der Waals surface area contributed by atoms with Gasteiger partial charge in [0, 0.05) is 30.8 Å². The van der Waals surface area contributed by atoms with Crippen LogP contribution in [0.25, 0.3) is 16.3 Å². The van der Waals surface area contributed by atoms with Crippen LogP contribution in [0.3, 0.4) is 0 Å². The van der Waals surface area contributed by atoms with Crippen molar-refractivity contribution in [2.75, 3.05) is 10.6 Å². The fraction of sp³-hybridized carbons (Fsp3) is 0.0556. The van der Waals surface area contributed by atoms with Gasteiger partial charge in [-0.15, -0.1) is 0 Å². The Balaban J connectivity index is 1.68. The molecule has 0 aliphatic carbocycles. The third-order valence-corrected chi connectivity index (χ3v) is 4.40. The number of carbonyl (C=O) groups excluding carboxylic acids is 2. The van der Waals surface area contributed by atoms with Crippen LogP contribution in [0.2, 0.25) is 0 Å². The number of carbonyl (C=O) groups is 2. The van der Waals surface area contributed by atoms with Crippen LogP contribution in [0.4, 0.5) is 16.5 Å². The minimum atomic E-state index is -0.481. The second-order valence-electron chi connectivity index (χ2n) is 5.55. The molecule has 2 N–H and O–H groups in total. The van der Waals surface area contributed by atoms with Gasteiger partial charge in [0.25, 0.3) is 5.69 Å². The Bertz CT molecular complexity index is 1060. The van der Waals surface area contributed by atoms with Crippen molar-refractivity contribution in [1.82, 2.24) is 4.98 Å². The number of non-ortho nitro benzene ring substituents is 1. The van der Waals surface area contributed by atoms with E-state index in [1.807, 2.05) is 0 Å². The van der Waals surface area contributed by atoms with Gasteiger partial charge < -0.3 is 5.32 Å². The van der Waals surface area contributed by atoms with Crippen molar-refractivity contribution in [3.63, 3.8) is 0 Å². The van der Waals surface area contributed by atoms with E-state index in [0.29, 0.717) is 21.9 Å². The SMILES string of the molecule is CC(=O)Nc1ccc2nc(NC(=O)C=Cc3ccc([N+](=O)[O-])cc3)sc2c1. The van der Waals surface area contributed by atoms with Gasteiger partial charge in [0.1, 0.15) is 0 Å². The molecule has 0 fully saturated rings. The van der Waals surface area contributed by atoms with E-state index in [1.165, 1.54) is 36.5 Å². The molecule has 9 heteroatoms. The topological polar surface area (TPSA) is 114 Å². The number of nitro groups is 1. The minimum Gasteiger partial charge on any atom is -0.326 e. The van der Waals surface area contributed by atoms with Crippen LogP contribution in [0.1, 0.15) is 12.5 Å². The summed E-state index contributed by atoms with van der Waals surface area (Å²) in [5.74, 6) is -0.529. The maximum atomic E-state index is 12.1. The summed E-state index contributed by atoms with van der Waals surface area (Å²) in [7, 11) is 0. The van der Waals surface area contributed by atoms with Gasteiger partial charge in [0.15, 0.2) is 5.13 Å². The summed E-state index contributed by atoms with van der Waals surface area (Å²) in [5.41, 5.74) is 2.03. The standard InChI is InChI=1S/C18H14N4O4S/c1-11(23)19-13-5-8-15-16(10-13)27-18(20-15)21-17(24)9-4-12-2-6-14(7-3-12)22(25)26/h2-10H,1H3,(H,19,23)(H,20,21,24). The summed E-state index contributed by atoms with van der Waals surface area (Å²) in [6, 6.07) is 11.2. The van der Waals surface area contributed by atoms with Crippen LogP contribution in [0.15, 0.2) is 48.5 Å². The molecule has 27 heavy (non-hydrogen) atoms. The number of nitro benzene ring substituents is 1. The lowest BCUT2D eigenvalue weighted by atomic mass is 10.2. The summed E-state index contributed by atoms with van der Waals surface area (Å²) in [6.07, 6.45) is 2.89. The van der Waals surface area contributed by atoms with Gasteiger partial charge in [-0.05, 0) is 42.0 Å². The van der Waals surface area contributed by atoms with Crippen LogP contribution in [-0.4, -0.2) is 21.7 Å². The number of thiazole rings is 1. The average Bonchev–Trinajstić information content (AvgIpc) is 3.01. The van der Waals surface area contributed by atoms with Crippen LogP contribution in [0.5, 0.6) is 0 Å². The van der Waals surface area contributed by atoms with Crippen molar-refractivity contribution in [3.05, 3.63) is 64.2 Å². The molecule has 2 aromatic carbocycles. The van der Waals surface area contributed by atoms with Crippen LogP contribution in [-0.2, 0) is 9.59 Å². The number of anilines is 2. The number of nitrogens with zero attached hydrogens (tertiary/aromatic N) is 2. The molecule has 0 atom stereocenters. The molecule has 1 heterocycles. The van der Waals surface area contributed by atoms with Crippen molar-refractivity contribution in [2.24, 2.45) is 0 Å². The Labute approximate surface area is 157 Å². The molecule has 0 radical (unpaired) electrons. The van der Waals surface area contributed by atoms with Crippen LogP contribution < -0.4 is 10.6 Å². The first-order valence-electron chi connectivity index (χ1n) is 7.82. The molecule has 0 spiro atoms. The zero-order valence-electron chi connectivity index (χ0n) is 14.1. The maximum absolute atomic E-state index is 12.1. The first-order chi connectivity index (χ1) is 12.9. The number of hydrogen-bond donors (Lipinski definition) is 2. The Morgan fingerprint density at radius 2 is 1.89 bits per heavy atom. The number of fused-ring (bicyclic) bond motifs is 1. The average molecular weight is 382 g/mol. The summed E-state index contributed by atoms with van der Waals surface area (Å²) in [6.45, 7) is 1.43. The van der Waals surface area contributed by atoms with Gasteiger partial charge in [0.05, 0.1) is 15.1 Å². The number of amides is 2. The second-order valence-corrected chi connectivity index (χ2v) is 6.58. The maximum Gasteiger partial charge on any atom is 0.269 e. The highest BCUT2D eigenvalue weighted by atomic mass is 32.1. The lowest BCUT2D eigenvalue weighted by Crippen LogP contribution is -2.07. The molecule has 136 valence electrons. The van der Waals surface area contributed by atoms with Crippen molar-refractivity contribution in [3.8, 4) is 0 Å². The van der Waals surface area contributed by atoms with Crippen molar-refractivity contribution in [1.29, 1.82) is 0 Å². The molecule has 0 saturated carbocycles. The Kier molecular flexibility index (Phi) is 5.23. The molecule has 0 bridgehead atoms. The van der Waals surface area contributed by atoms with Crippen molar-refractivity contribution >= 4 is 56.0 Å². The highest BCUT2D eigenvalue weighted by Gasteiger charge is 2.08. The molecule has 0 aliphatic rings. The lowest BCUT2D eigenvalue weighted by molar-refractivity contribution is -0.384. The third kappa shape index (κ3) is 4.73. The first-order valence-corrected chi connectivity index (χ1v) is 8.64. The molecule has 3 aromatic rings. The summed E-state index contributed by atoms with van der Waals surface area (Å²) in [4.78, 5) is 37.6. The predicted octanol–water partition coefficient (Wildman–Crippen LogP) is 3.81. The van der Waals surface area contributed by atoms with E-state index in [0.717, 1.165) is 4.70 Å². The molecule has 3 rings (SSSR count). The summed E-state index contributed by atoms with van der Waals surface area (Å²) < 4.78 is 0.830. The van der Waals surface area contributed by atoms with Gasteiger partial charge in [-0.25, -0.2) is 4.98 Å². The number of rotatable bonds is 5. The molecule has 2 amide bonds. The number of benzene rings is 2. The van der Waals surface area contributed by atoms with Gasteiger partial charge >= 0.3 is 0 Å². The van der Waals surface area contributed by atoms with Gasteiger partial charge in [-0.1, -0.05) is 11.3 Å². The molecule has 1 aromatic heterocycles. The summed E-state index contributed by atoms with van der Waals surface area (Å²) >= 11 is 1.29. The number of nitrogens with one attached hydrogen (secondary N) is 2. The van der Waals surface area contributed by atoms with E-state index in [9.17, 15) is 19.7 Å². The molecular weight excluding hydrogens is 368 g/mol. The Morgan fingerprint density at radius 3 is 2.56 bits per heavy atom. The normalized spacial score (nSPS) is 10.9. The highest BCUT2D eigenvalue weighted by molar-refractivity contribution is 7.22. The first kappa shape index (κ1) is 18.2. The monoisotopic (exact) mass is 382 g/mol. The fourth-order valence-electron chi connectivity index (χ4n) is 2.29. The smallest absolute Gasteiger partial charge is 0.269 e. The van der Waals surface area contributed by atoms with Crippen molar-refractivity contribution in [2.45, 2.75) is 6.92 Å². The highest BCUT2D eigenvalue weighted by Crippen LogP contribution is 2.28. The van der Waals surface area contributed by atoms with E-state index >= 15 is 0 Å². The van der Waals surface area contributed by atoms with Gasteiger partial charge in [0.2, 0.25) is 11.8 Å². The molecule has 8 nitrogen and oxygen atoms in total. The van der Waals surface area contributed by atoms with E-state index in [-0.39, 0.29) is 17.5 Å². The fourth-order valence-corrected chi connectivity index (χ4v) is 3.19. The van der Waals surface area contributed by atoms with E-state index in [1.54, 1.807) is 36.4 Å². The van der Waals surface area contributed by atoms with Crippen LogP contribution in [0, 0.1) is 10.1 Å². The predicted molar refractivity (Wildman–Crippen MR) is 105 cm³/mol. The molecule has 0 unspecified atom stereocenters.